The number of aromatic nitrogens is 6. The molecule has 3 aliphatic heterocycles. The van der Waals surface area contributed by atoms with Gasteiger partial charge in [0.2, 0.25) is 0 Å². The molecule has 0 bridgehead atoms. The van der Waals surface area contributed by atoms with Crippen LogP contribution in [0.1, 0.15) is 86.8 Å². The summed E-state index contributed by atoms with van der Waals surface area (Å²) in [6.07, 6.45) is 4.65. The van der Waals surface area contributed by atoms with Crippen molar-refractivity contribution in [2.45, 2.75) is 154 Å². The molecule has 7 rings (SSSR count). The Bertz CT molecular complexity index is 2490. The molecule has 4 aromatic heterocycles. The lowest BCUT2D eigenvalue weighted by molar-refractivity contribution is -0.302. The zero-order chi connectivity index (χ0) is 52.1. The van der Waals surface area contributed by atoms with Crippen LogP contribution in [0.15, 0.2) is 74.2 Å². The fourth-order valence-electron chi connectivity index (χ4n) is 11.1. The van der Waals surface area contributed by atoms with Gasteiger partial charge in [0.1, 0.15) is 36.5 Å². The number of esters is 2. The molecule has 3 fully saturated rings. The molecular weight excluding hydrogens is 927 g/mol. The molecule has 14 atom stereocenters. The second-order valence-corrected chi connectivity index (χ2v) is 20.2. The summed E-state index contributed by atoms with van der Waals surface area (Å²) in [6.45, 7) is 19.3. The van der Waals surface area contributed by atoms with E-state index in [1.54, 1.807) is 78.3 Å². The third-order valence-corrected chi connectivity index (χ3v) is 15.0. The van der Waals surface area contributed by atoms with Crippen molar-refractivity contribution < 1.29 is 52.7 Å². The second-order valence-electron chi connectivity index (χ2n) is 20.2. The number of pyridine rings is 1. The quantitative estimate of drug-likeness (QED) is 0.0633. The van der Waals surface area contributed by atoms with Gasteiger partial charge in [0.25, 0.3) is 0 Å². The Labute approximate surface area is 421 Å². The van der Waals surface area contributed by atoms with Gasteiger partial charge in [-0.3, -0.25) is 24.3 Å². The van der Waals surface area contributed by atoms with Gasteiger partial charge in [-0.25, -0.2) is 30.2 Å². The Morgan fingerprint density at radius 2 is 1.79 bits per heavy atom. The smallest absolute Gasteiger partial charge is 0.425 e. The molecule has 0 radical (unpaired) electrons. The van der Waals surface area contributed by atoms with Gasteiger partial charge in [-0.05, 0) is 84.7 Å². The van der Waals surface area contributed by atoms with Crippen LogP contribution < -0.4 is 5.43 Å². The molecule has 20 heteroatoms. The Morgan fingerprint density at radius 3 is 2.47 bits per heavy atom. The zero-order valence-electron chi connectivity index (χ0n) is 43.3. The molecule has 72 heavy (non-hydrogen) atoms. The average Bonchev–Trinajstić information content (AvgIpc) is 4.11. The van der Waals surface area contributed by atoms with Crippen LogP contribution in [0, 0.1) is 23.7 Å². The Morgan fingerprint density at radius 1 is 1.04 bits per heavy atom. The number of hydrogen-bond acceptors (Lipinski definition) is 17. The maximum atomic E-state index is 15.1. The predicted molar refractivity (Wildman–Crippen MR) is 264 cm³/mol. The van der Waals surface area contributed by atoms with Crippen LogP contribution in [0.25, 0.3) is 17.0 Å². The van der Waals surface area contributed by atoms with Crippen molar-refractivity contribution in [1.29, 1.82) is 0 Å². The third-order valence-electron chi connectivity index (χ3n) is 15.0. The lowest BCUT2D eigenvalue weighted by Crippen LogP contribution is -2.62. The monoisotopic (exact) mass is 1000 g/mol. The van der Waals surface area contributed by atoms with Gasteiger partial charge in [-0.15, -0.1) is 6.58 Å². The van der Waals surface area contributed by atoms with E-state index < -0.39 is 89.7 Å². The fourth-order valence-corrected chi connectivity index (χ4v) is 11.1. The second kappa shape index (κ2) is 23.1. The minimum Gasteiger partial charge on any atom is -0.461 e. The summed E-state index contributed by atoms with van der Waals surface area (Å²) < 4.78 is 42.5. The van der Waals surface area contributed by atoms with Crippen LogP contribution >= 0.6 is 0 Å². The highest BCUT2D eigenvalue weighted by molar-refractivity contribution is 5.85. The Balaban J connectivity index is 1.21. The number of methoxy groups -OCH3 is 1. The number of cyclic esters (lactones) is 1. The number of aliphatic hydroxyl groups excluding tert-OH is 1. The van der Waals surface area contributed by atoms with Crippen LogP contribution in [0.2, 0.25) is 0 Å². The van der Waals surface area contributed by atoms with Gasteiger partial charge < -0.3 is 42.7 Å². The zero-order valence-corrected chi connectivity index (χ0v) is 43.3. The van der Waals surface area contributed by atoms with E-state index in [4.69, 9.17) is 28.4 Å². The fraction of sp³-hybridized carbons (Fsp3) is 0.615. The lowest BCUT2D eigenvalue weighted by atomic mass is 9.73. The first-order valence-corrected chi connectivity index (χ1v) is 25.1. The maximum Gasteiger partial charge on any atom is 0.425 e. The molecule has 1 amide bonds. The van der Waals surface area contributed by atoms with E-state index in [2.05, 4.69) is 31.9 Å². The number of amides is 1. The van der Waals surface area contributed by atoms with Crippen molar-refractivity contribution in [1.82, 2.24) is 44.4 Å². The number of ether oxygens (including phenoxy) is 6. The van der Waals surface area contributed by atoms with E-state index in [0.29, 0.717) is 48.6 Å². The molecule has 3 aliphatic rings. The number of rotatable bonds is 16. The van der Waals surface area contributed by atoms with Crippen molar-refractivity contribution in [3.8, 4) is 5.82 Å². The average molecular weight is 1000 g/mol. The molecule has 2 N–H and O–H groups in total. The molecular formula is C52H73N9O11. The Kier molecular flexibility index (Phi) is 17.3. The number of ketones is 1. The summed E-state index contributed by atoms with van der Waals surface area (Å²) in [6, 6.07) is 7.67. The van der Waals surface area contributed by atoms with E-state index in [1.807, 2.05) is 59.5 Å². The predicted octanol–water partition coefficient (Wildman–Crippen LogP) is 5.25. The molecule has 0 saturated carbocycles. The molecule has 20 nitrogen and oxygen atoms in total. The van der Waals surface area contributed by atoms with Gasteiger partial charge in [0.05, 0.1) is 42.2 Å². The first-order valence-electron chi connectivity index (χ1n) is 25.1. The van der Waals surface area contributed by atoms with E-state index in [1.165, 1.54) is 18.4 Å². The number of fused-ring (bicyclic) bond motifs is 2. The number of aryl methyl sites for hydroxylation is 1. The van der Waals surface area contributed by atoms with Crippen molar-refractivity contribution in [3.63, 3.8) is 0 Å². The SMILES string of the molecule is C=CCN(C)[C@@H]1C[C@H](C)O[C@H](O[C@@H]2[C@@H](C)[C@H](OC(=O)Cc3ccccn3)[C@@H](C)C(=O)O[C@H](CC)[C@@]3(C)OC(=O)N(NCCCn4cnc5c(-n6cccc6)ncnc54)[C@@H]3[C@@H](C)C(=O)[C@H](C)C[C@@]2(C)OC)[C@H]1O. The van der Waals surface area contributed by atoms with Crippen LogP contribution in [-0.4, -0.2) is 155 Å². The number of aliphatic hydroxyl groups is 1. The van der Waals surface area contributed by atoms with Crippen molar-refractivity contribution in [2.24, 2.45) is 23.7 Å². The highest BCUT2D eigenvalue weighted by atomic mass is 16.7. The van der Waals surface area contributed by atoms with Crippen LogP contribution in [0.5, 0.6) is 0 Å². The van der Waals surface area contributed by atoms with Crippen LogP contribution in [0.3, 0.4) is 0 Å². The van der Waals surface area contributed by atoms with Gasteiger partial charge in [-0.1, -0.05) is 39.8 Å². The summed E-state index contributed by atoms with van der Waals surface area (Å²) in [5.41, 5.74) is 2.13. The molecule has 392 valence electrons. The van der Waals surface area contributed by atoms with Crippen molar-refractivity contribution in [3.05, 3.63) is 79.9 Å². The van der Waals surface area contributed by atoms with Gasteiger partial charge in [-0.2, -0.15) is 0 Å². The van der Waals surface area contributed by atoms with Crippen molar-refractivity contribution >= 4 is 35.0 Å². The molecule has 0 aromatic carbocycles. The lowest BCUT2D eigenvalue weighted by Gasteiger charge is -2.48. The number of imidazole rings is 1. The number of hydrazine groups is 1. The number of carbonyl (C=O) groups is 4. The first kappa shape index (κ1) is 54.1. The van der Waals surface area contributed by atoms with E-state index in [9.17, 15) is 19.5 Å². The number of carbonyl (C=O) groups excluding carboxylic acids is 4. The minimum atomic E-state index is -1.53. The maximum absolute atomic E-state index is 15.1. The first-order chi connectivity index (χ1) is 34.3. The summed E-state index contributed by atoms with van der Waals surface area (Å²) in [5.74, 6) is -4.55. The summed E-state index contributed by atoms with van der Waals surface area (Å²) >= 11 is 0. The van der Waals surface area contributed by atoms with Gasteiger partial charge in [0, 0.05) is 69.1 Å². The highest BCUT2D eigenvalue weighted by Crippen LogP contribution is 2.43. The molecule has 0 unspecified atom stereocenters. The standard InChI is InChI=1S/C52H73N9O11/c1-12-22-58(10)37-26-32(4)68-49(42(37)64)71-45-34(6)43(70-39(62)27-36-19-14-15-20-53-36)35(7)48(65)69-38(13-2)52(9)44(33(5)41(63)31(3)28-51(45,8)67-11)61(50(66)72-52)57-21-18-25-60-30-56-40-46(54-29-55-47(40)60)59-23-16-17-24-59/h12,14-17,19-20,23-24,29-35,37-38,42-45,49,57,64H,1,13,18,21-22,25-28H2,2-11H3/t31-,32+,33+,34+,35-,37-,38-,42+,43+,44-,45-,49-,51-,52-/m1/s1. The van der Waals surface area contributed by atoms with E-state index in [0.717, 1.165) is 0 Å². The summed E-state index contributed by atoms with van der Waals surface area (Å²) in [7, 11) is 3.40. The van der Waals surface area contributed by atoms with E-state index in [-0.39, 0.29) is 43.7 Å². The molecule has 4 aromatic rings. The van der Waals surface area contributed by atoms with Crippen LogP contribution in [-0.2, 0) is 55.8 Å². The molecule has 3 saturated heterocycles. The summed E-state index contributed by atoms with van der Waals surface area (Å²) in [4.78, 5) is 77.9. The largest absolute Gasteiger partial charge is 0.461 e. The number of nitrogens with one attached hydrogen (secondary N) is 1. The Hall–Kier alpha value is -5.64. The molecule has 0 aliphatic carbocycles. The van der Waals surface area contributed by atoms with Crippen LogP contribution in [0.4, 0.5) is 4.79 Å². The topological polar surface area (TPSA) is 224 Å². The number of Topliss-reactive ketones (excluding diaryl/α,β-unsaturated/α-hetero) is 1. The number of nitrogens with zero attached hydrogens (tertiary/aromatic N) is 8. The van der Waals surface area contributed by atoms with Crippen molar-refractivity contribution in [2.75, 3.05) is 27.2 Å². The highest BCUT2D eigenvalue weighted by Gasteiger charge is 2.61. The third kappa shape index (κ3) is 11.3. The normalized spacial score (nSPS) is 32.8. The number of hydrogen-bond donors (Lipinski definition) is 2. The molecule has 7 heterocycles. The van der Waals surface area contributed by atoms with E-state index >= 15 is 4.79 Å². The number of likely N-dealkylation sites (N-methyl/N-ethyl adjacent to an activating group) is 1. The minimum absolute atomic E-state index is 0.0740. The summed E-state index contributed by atoms with van der Waals surface area (Å²) in [5, 5.41) is 13.3. The molecule has 0 spiro atoms. The van der Waals surface area contributed by atoms with Gasteiger partial charge >= 0.3 is 18.0 Å². The van der Waals surface area contributed by atoms with Gasteiger partial charge in [0.15, 0.2) is 28.9 Å².